The van der Waals surface area contributed by atoms with Crippen LogP contribution >= 0.6 is 0 Å². The number of benzene rings is 2. The predicted octanol–water partition coefficient (Wildman–Crippen LogP) is 3.79. The number of fused-ring (bicyclic) bond motifs is 1. The summed E-state index contributed by atoms with van der Waals surface area (Å²) in [5, 5.41) is 0. The molecule has 1 atom stereocenters. The van der Waals surface area contributed by atoms with Crippen molar-refractivity contribution in [3.8, 4) is 0 Å². The maximum Gasteiger partial charge on any atom is 0.123 e. The van der Waals surface area contributed by atoms with E-state index < -0.39 is 0 Å². The van der Waals surface area contributed by atoms with Gasteiger partial charge in [0.2, 0.25) is 0 Å². The van der Waals surface area contributed by atoms with Crippen LogP contribution in [0.5, 0.6) is 0 Å². The first-order valence-electron chi connectivity index (χ1n) is 6.76. The lowest BCUT2D eigenvalue weighted by Crippen LogP contribution is -2.17. The van der Waals surface area contributed by atoms with E-state index in [1.807, 2.05) is 12.1 Å². The third-order valence-corrected chi connectivity index (χ3v) is 3.92. The molecule has 0 fully saturated rings. The fourth-order valence-corrected chi connectivity index (χ4v) is 2.96. The second-order valence-corrected chi connectivity index (χ2v) is 5.33. The summed E-state index contributed by atoms with van der Waals surface area (Å²) in [7, 11) is 2.10. The van der Waals surface area contributed by atoms with E-state index in [0.29, 0.717) is 5.92 Å². The van der Waals surface area contributed by atoms with Crippen LogP contribution in [0, 0.1) is 5.82 Å². The molecule has 0 saturated heterocycles. The summed E-state index contributed by atoms with van der Waals surface area (Å²) in [5.74, 6) is 0.239. The molecule has 0 N–H and O–H groups in total. The molecule has 0 saturated carbocycles. The molecule has 1 aliphatic rings. The molecular weight excluding hydrogens is 237 g/mol. The van der Waals surface area contributed by atoms with Crippen LogP contribution in [0.1, 0.15) is 29.0 Å². The van der Waals surface area contributed by atoms with Crippen LogP contribution in [0.3, 0.4) is 0 Å². The van der Waals surface area contributed by atoms with Crippen LogP contribution in [0.25, 0.3) is 0 Å². The molecule has 0 spiro atoms. The molecule has 1 aliphatic heterocycles. The van der Waals surface area contributed by atoms with Crippen molar-refractivity contribution in [3.05, 3.63) is 71.0 Å². The molecule has 0 radical (unpaired) electrons. The lowest BCUT2D eigenvalue weighted by atomic mass is 9.87. The molecule has 2 aromatic rings. The Morgan fingerprint density at radius 1 is 1.11 bits per heavy atom. The molecule has 1 nitrogen and oxygen atoms in total. The van der Waals surface area contributed by atoms with Gasteiger partial charge in [-0.2, -0.15) is 0 Å². The molecule has 2 aromatic carbocycles. The van der Waals surface area contributed by atoms with Crippen molar-refractivity contribution in [2.75, 3.05) is 13.6 Å². The van der Waals surface area contributed by atoms with Gasteiger partial charge in [-0.15, -0.1) is 0 Å². The van der Waals surface area contributed by atoms with E-state index in [0.717, 1.165) is 25.1 Å². The van der Waals surface area contributed by atoms with Gasteiger partial charge in [-0.3, -0.25) is 0 Å². The summed E-state index contributed by atoms with van der Waals surface area (Å²) in [5.41, 5.74) is 3.72. The van der Waals surface area contributed by atoms with Crippen molar-refractivity contribution in [1.82, 2.24) is 4.90 Å². The monoisotopic (exact) mass is 255 g/mol. The molecule has 0 bridgehead atoms. The Hall–Kier alpha value is -1.67. The maximum absolute atomic E-state index is 13.5. The Morgan fingerprint density at radius 2 is 1.89 bits per heavy atom. The van der Waals surface area contributed by atoms with Gasteiger partial charge in [0, 0.05) is 12.5 Å². The summed E-state index contributed by atoms with van der Waals surface area (Å²) < 4.78 is 13.5. The fourth-order valence-electron chi connectivity index (χ4n) is 2.96. The van der Waals surface area contributed by atoms with Gasteiger partial charge < -0.3 is 4.90 Å². The zero-order valence-electron chi connectivity index (χ0n) is 11.1. The quantitative estimate of drug-likeness (QED) is 0.749. The van der Waals surface area contributed by atoms with Crippen molar-refractivity contribution < 1.29 is 4.39 Å². The predicted molar refractivity (Wildman–Crippen MR) is 75.6 cm³/mol. The number of halogens is 1. The van der Waals surface area contributed by atoms with Gasteiger partial charge in [0.1, 0.15) is 5.82 Å². The number of hydrogen-bond acceptors (Lipinski definition) is 1. The van der Waals surface area contributed by atoms with E-state index in [1.54, 1.807) is 12.1 Å². The molecular formula is C17H18FN. The lowest BCUT2D eigenvalue weighted by Gasteiger charge is -2.17. The van der Waals surface area contributed by atoms with E-state index in [2.05, 4.69) is 36.2 Å². The second-order valence-electron chi connectivity index (χ2n) is 5.33. The van der Waals surface area contributed by atoms with Gasteiger partial charge in [0.05, 0.1) is 0 Å². The van der Waals surface area contributed by atoms with E-state index in [4.69, 9.17) is 0 Å². The van der Waals surface area contributed by atoms with Crippen molar-refractivity contribution in [2.24, 2.45) is 0 Å². The van der Waals surface area contributed by atoms with Gasteiger partial charge in [-0.25, -0.2) is 4.39 Å². The number of nitrogens with zero attached hydrogens (tertiary/aromatic N) is 1. The zero-order chi connectivity index (χ0) is 13.2. The normalized spacial score (nSPS) is 19.8. The zero-order valence-corrected chi connectivity index (χ0v) is 11.1. The summed E-state index contributed by atoms with van der Waals surface area (Å²) in [6, 6.07) is 15.8. The summed E-state index contributed by atoms with van der Waals surface area (Å²) >= 11 is 0. The molecule has 1 heterocycles. The van der Waals surface area contributed by atoms with Crippen molar-refractivity contribution >= 4 is 0 Å². The Morgan fingerprint density at radius 3 is 2.68 bits per heavy atom. The smallest absolute Gasteiger partial charge is 0.123 e. The first kappa shape index (κ1) is 12.4. The van der Waals surface area contributed by atoms with Gasteiger partial charge in [-0.1, -0.05) is 36.4 Å². The van der Waals surface area contributed by atoms with E-state index in [-0.39, 0.29) is 5.82 Å². The molecule has 98 valence electrons. The average Bonchev–Trinajstić information content (AvgIpc) is 2.57. The van der Waals surface area contributed by atoms with Gasteiger partial charge >= 0.3 is 0 Å². The average molecular weight is 255 g/mol. The Labute approximate surface area is 113 Å². The fraction of sp³-hybridized carbons (Fsp3) is 0.294. The van der Waals surface area contributed by atoms with Crippen LogP contribution < -0.4 is 0 Å². The Bertz CT molecular complexity index is 565. The maximum atomic E-state index is 13.5. The molecule has 0 aromatic heterocycles. The van der Waals surface area contributed by atoms with Crippen LogP contribution in [-0.2, 0) is 6.54 Å². The summed E-state index contributed by atoms with van der Waals surface area (Å²) in [4.78, 5) is 2.27. The minimum absolute atomic E-state index is 0.138. The highest BCUT2D eigenvalue weighted by atomic mass is 19.1. The standard InChI is InChI=1S/C17H18FN/c1-19-10-9-17(13-5-3-2-4-6-13)16-8-7-15(18)11-14(16)12-19/h2-8,11,17H,9-10,12H2,1H3/t17-/m0/s1. The van der Waals surface area contributed by atoms with Crippen LogP contribution in [-0.4, -0.2) is 18.5 Å². The van der Waals surface area contributed by atoms with E-state index in [1.165, 1.54) is 11.1 Å². The van der Waals surface area contributed by atoms with Crippen molar-refractivity contribution in [1.29, 1.82) is 0 Å². The lowest BCUT2D eigenvalue weighted by molar-refractivity contribution is 0.328. The molecule has 2 heteroatoms. The Kier molecular flexibility index (Phi) is 3.34. The van der Waals surface area contributed by atoms with Gasteiger partial charge in [0.15, 0.2) is 0 Å². The summed E-state index contributed by atoms with van der Waals surface area (Å²) in [6.07, 6.45) is 1.08. The van der Waals surface area contributed by atoms with Crippen LogP contribution in [0.4, 0.5) is 4.39 Å². The van der Waals surface area contributed by atoms with Crippen molar-refractivity contribution in [2.45, 2.75) is 18.9 Å². The Balaban J connectivity index is 2.07. The third kappa shape index (κ3) is 2.54. The van der Waals surface area contributed by atoms with Gasteiger partial charge in [0.25, 0.3) is 0 Å². The first-order chi connectivity index (χ1) is 9.24. The van der Waals surface area contributed by atoms with E-state index >= 15 is 0 Å². The minimum atomic E-state index is -0.138. The number of rotatable bonds is 1. The highest BCUT2D eigenvalue weighted by Gasteiger charge is 2.22. The second kappa shape index (κ2) is 5.14. The first-order valence-corrected chi connectivity index (χ1v) is 6.76. The van der Waals surface area contributed by atoms with Crippen molar-refractivity contribution in [3.63, 3.8) is 0 Å². The topological polar surface area (TPSA) is 3.24 Å². The van der Waals surface area contributed by atoms with Crippen LogP contribution in [0.15, 0.2) is 48.5 Å². The largest absolute Gasteiger partial charge is 0.302 e. The molecule has 19 heavy (non-hydrogen) atoms. The van der Waals surface area contributed by atoms with Gasteiger partial charge in [-0.05, 0) is 48.8 Å². The molecule has 3 rings (SSSR count). The molecule has 0 aliphatic carbocycles. The highest BCUT2D eigenvalue weighted by Crippen LogP contribution is 2.33. The molecule has 0 unspecified atom stereocenters. The van der Waals surface area contributed by atoms with E-state index in [9.17, 15) is 4.39 Å². The number of hydrogen-bond donors (Lipinski definition) is 0. The SMILES string of the molecule is CN1CC[C@@H](c2ccccc2)c2ccc(F)cc2C1. The molecule has 0 amide bonds. The third-order valence-electron chi connectivity index (χ3n) is 3.92. The van der Waals surface area contributed by atoms with Crippen LogP contribution in [0.2, 0.25) is 0 Å². The highest BCUT2D eigenvalue weighted by molar-refractivity contribution is 5.39. The minimum Gasteiger partial charge on any atom is -0.302 e. The summed E-state index contributed by atoms with van der Waals surface area (Å²) in [6.45, 7) is 1.87.